The fraction of sp³-hybridized carbons (Fsp3) is 0.467. The maximum absolute atomic E-state index is 13.5. The summed E-state index contributed by atoms with van der Waals surface area (Å²) in [5.74, 6) is -2.45. The molecule has 5 heteroatoms. The van der Waals surface area contributed by atoms with Crippen molar-refractivity contribution in [3.05, 3.63) is 35.6 Å². The molecule has 1 amide bonds. The summed E-state index contributed by atoms with van der Waals surface area (Å²) in [7, 11) is 1.57. The van der Waals surface area contributed by atoms with Gasteiger partial charge < -0.3 is 10.0 Å². The van der Waals surface area contributed by atoms with E-state index in [0.29, 0.717) is 12.0 Å². The number of carboxylic acids is 1. The predicted octanol–water partition coefficient (Wildman–Crippen LogP) is 2.18. The Labute approximate surface area is 118 Å². The number of carbonyl (C=O) groups excluding carboxylic acids is 1. The molecule has 0 aliphatic heterocycles. The summed E-state index contributed by atoms with van der Waals surface area (Å²) >= 11 is 0. The van der Waals surface area contributed by atoms with E-state index in [0.717, 1.165) is 0 Å². The highest BCUT2D eigenvalue weighted by Crippen LogP contribution is 2.14. The molecular formula is C15H20FNO3. The van der Waals surface area contributed by atoms with Crippen LogP contribution in [0.5, 0.6) is 0 Å². The minimum absolute atomic E-state index is 0.149. The van der Waals surface area contributed by atoms with Crippen LogP contribution < -0.4 is 0 Å². The first-order valence-electron chi connectivity index (χ1n) is 6.54. The first-order valence-corrected chi connectivity index (χ1v) is 6.54. The van der Waals surface area contributed by atoms with Crippen LogP contribution >= 0.6 is 0 Å². The van der Waals surface area contributed by atoms with E-state index in [1.807, 2.05) is 0 Å². The Morgan fingerprint density at radius 3 is 2.40 bits per heavy atom. The Bertz CT molecular complexity index is 490. The van der Waals surface area contributed by atoms with Crippen LogP contribution in [0, 0.1) is 17.7 Å². The van der Waals surface area contributed by atoms with Crippen molar-refractivity contribution in [3.63, 3.8) is 0 Å². The number of carboxylic acid groups (broad SMARTS) is 1. The average Bonchev–Trinajstić information content (AvgIpc) is 2.40. The van der Waals surface area contributed by atoms with Gasteiger partial charge in [-0.3, -0.25) is 9.59 Å². The van der Waals surface area contributed by atoms with Crippen molar-refractivity contribution >= 4 is 11.9 Å². The second-order valence-corrected chi connectivity index (χ2v) is 5.15. The van der Waals surface area contributed by atoms with Crippen molar-refractivity contribution in [3.8, 4) is 0 Å². The zero-order chi connectivity index (χ0) is 15.3. The summed E-state index contributed by atoms with van der Waals surface area (Å²) in [6.45, 7) is 3.42. The van der Waals surface area contributed by atoms with Crippen molar-refractivity contribution < 1.29 is 19.1 Å². The quantitative estimate of drug-likeness (QED) is 0.869. The van der Waals surface area contributed by atoms with Crippen LogP contribution in [0.4, 0.5) is 4.39 Å². The van der Waals surface area contributed by atoms with Crippen molar-refractivity contribution in [2.45, 2.75) is 20.3 Å². The van der Waals surface area contributed by atoms with Gasteiger partial charge in [-0.25, -0.2) is 4.39 Å². The van der Waals surface area contributed by atoms with Gasteiger partial charge in [0.1, 0.15) is 5.82 Å². The maximum atomic E-state index is 13.5. The molecule has 0 saturated heterocycles. The third-order valence-corrected chi connectivity index (χ3v) is 3.25. The molecule has 0 aromatic heterocycles. The van der Waals surface area contributed by atoms with Crippen molar-refractivity contribution in [2.24, 2.45) is 11.8 Å². The highest BCUT2D eigenvalue weighted by atomic mass is 19.1. The van der Waals surface area contributed by atoms with Gasteiger partial charge in [0.2, 0.25) is 5.91 Å². The fourth-order valence-corrected chi connectivity index (χ4v) is 2.04. The standard InChI is InChI=1S/C15H20FNO3/c1-10(8-12-6-4-5-7-13(12)16)14(18)17(3)9-11(2)15(19)20/h4-7,10-11H,8-9H2,1-3H3,(H,19,20). The Balaban J connectivity index is 2.63. The topological polar surface area (TPSA) is 57.6 Å². The van der Waals surface area contributed by atoms with Crippen LogP contribution in [0.15, 0.2) is 24.3 Å². The number of hydrogen-bond donors (Lipinski definition) is 1. The lowest BCUT2D eigenvalue weighted by Gasteiger charge is -2.23. The van der Waals surface area contributed by atoms with E-state index >= 15 is 0 Å². The molecule has 110 valence electrons. The van der Waals surface area contributed by atoms with Gasteiger partial charge in [0, 0.05) is 19.5 Å². The average molecular weight is 281 g/mol. The van der Waals surface area contributed by atoms with E-state index < -0.39 is 17.8 Å². The molecule has 0 heterocycles. The van der Waals surface area contributed by atoms with Gasteiger partial charge in [-0.15, -0.1) is 0 Å². The van der Waals surface area contributed by atoms with E-state index in [-0.39, 0.29) is 18.3 Å². The maximum Gasteiger partial charge on any atom is 0.308 e. The molecule has 2 atom stereocenters. The predicted molar refractivity (Wildman–Crippen MR) is 73.7 cm³/mol. The molecule has 1 aromatic rings. The zero-order valence-corrected chi connectivity index (χ0v) is 12.0. The largest absolute Gasteiger partial charge is 0.481 e. The first kappa shape index (κ1) is 16.1. The highest BCUT2D eigenvalue weighted by Gasteiger charge is 2.22. The lowest BCUT2D eigenvalue weighted by Crippen LogP contribution is -2.37. The summed E-state index contributed by atoms with van der Waals surface area (Å²) in [5, 5.41) is 8.84. The minimum atomic E-state index is -0.939. The number of aliphatic carboxylic acids is 1. The van der Waals surface area contributed by atoms with Crippen molar-refractivity contribution in [1.29, 1.82) is 0 Å². The number of nitrogens with zero attached hydrogens (tertiary/aromatic N) is 1. The van der Waals surface area contributed by atoms with Crippen molar-refractivity contribution in [2.75, 3.05) is 13.6 Å². The van der Waals surface area contributed by atoms with Crippen LogP contribution in [0.1, 0.15) is 19.4 Å². The number of rotatable bonds is 6. The Morgan fingerprint density at radius 1 is 1.25 bits per heavy atom. The number of amides is 1. The van der Waals surface area contributed by atoms with Gasteiger partial charge in [-0.1, -0.05) is 32.0 Å². The monoisotopic (exact) mass is 281 g/mol. The van der Waals surface area contributed by atoms with Gasteiger partial charge in [-0.2, -0.15) is 0 Å². The van der Waals surface area contributed by atoms with Gasteiger partial charge in [0.05, 0.1) is 5.92 Å². The Kier molecular flexibility index (Phi) is 5.67. The molecule has 1 aromatic carbocycles. The Hall–Kier alpha value is -1.91. The summed E-state index contributed by atoms with van der Waals surface area (Å²) in [4.78, 5) is 24.3. The third-order valence-electron chi connectivity index (χ3n) is 3.25. The molecule has 2 unspecified atom stereocenters. The van der Waals surface area contributed by atoms with Gasteiger partial charge in [0.25, 0.3) is 0 Å². The van der Waals surface area contributed by atoms with E-state index in [9.17, 15) is 14.0 Å². The number of hydrogen-bond acceptors (Lipinski definition) is 2. The molecule has 0 aliphatic carbocycles. The van der Waals surface area contributed by atoms with Crippen LogP contribution in [0.3, 0.4) is 0 Å². The molecule has 0 spiro atoms. The molecule has 0 radical (unpaired) electrons. The highest BCUT2D eigenvalue weighted by molar-refractivity contribution is 5.79. The fourth-order valence-electron chi connectivity index (χ4n) is 2.04. The molecular weight excluding hydrogens is 261 g/mol. The lowest BCUT2D eigenvalue weighted by atomic mass is 9.99. The zero-order valence-electron chi connectivity index (χ0n) is 12.0. The normalized spacial score (nSPS) is 13.6. The summed E-state index contributed by atoms with van der Waals surface area (Å²) in [6.07, 6.45) is 0.303. The van der Waals surface area contributed by atoms with E-state index in [1.54, 1.807) is 39.1 Å². The number of carbonyl (C=O) groups is 2. The minimum Gasteiger partial charge on any atom is -0.481 e. The van der Waals surface area contributed by atoms with Gasteiger partial charge in [0.15, 0.2) is 0 Å². The van der Waals surface area contributed by atoms with Crippen LogP contribution in [0.25, 0.3) is 0 Å². The van der Waals surface area contributed by atoms with Crippen LogP contribution in [-0.2, 0) is 16.0 Å². The molecule has 0 aliphatic rings. The molecule has 20 heavy (non-hydrogen) atoms. The second kappa shape index (κ2) is 7.03. The number of halogens is 1. The van der Waals surface area contributed by atoms with Crippen LogP contribution in [0.2, 0.25) is 0 Å². The molecule has 0 bridgehead atoms. The van der Waals surface area contributed by atoms with E-state index in [1.165, 1.54) is 11.0 Å². The summed E-state index contributed by atoms with van der Waals surface area (Å²) in [6, 6.07) is 6.35. The molecule has 1 N–H and O–H groups in total. The first-order chi connectivity index (χ1) is 9.32. The summed E-state index contributed by atoms with van der Waals surface area (Å²) < 4.78 is 13.5. The molecule has 1 rings (SSSR count). The van der Waals surface area contributed by atoms with Crippen molar-refractivity contribution in [1.82, 2.24) is 4.90 Å². The van der Waals surface area contributed by atoms with Gasteiger partial charge in [-0.05, 0) is 18.1 Å². The summed E-state index contributed by atoms with van der Waals surface area (Å²) in [5.41, 5.74) is 0.494. The van der Waals surface area contributed by atoms with Crippen LogP contribution in [-0.4, -0.2) is 35.5 Å². The van der Waals surface area contributed by atoms with E-state index in [2.05, 4.69) is 0 Å². The molecule has 4 nitrogen and oxygen atoms in total. The smallest absolute Gasteiger partial charge is 0.308 e. The van der Waals surface area contributed by atoms with Gasteiger partial charge >= 0.3 is 5.97 Å². The SMILES string of the molecule is CC(CN(C)C(=O)C(C)Cc1ccccc1F)C(=O)O. The molecule has 0 fully saturated rings. The number of benzene rings is 1. The third kappa shape index (κ3) is 4.33. The Morgan fingerprint density at radius 2 is 1.85 bits per heavy atom. The van der Waals surface area contributed by atoms with E-state index in [4.69, 9.17) is 5.11 Å². The molecule has 0 saturated carbocycles. The lowest BCUT2D eigenvalue weighted by molar-refractivity contribution is -0.143. The second-order valence-electron chi connectivity index (χ2n) is 5.15.